The zero-order valence-electron chi connectivity index (χ0n) is 12.2. The highest BCUT2D eigenvalue weighted by Crippen LogP contribution is 2.29. The maximum atomic E-state index is 10.6. The monoisotopic (exact) mass is 341 g/mol. The van der Waals surface area contributed by atoms with Gasteiger partial charge in [0.2, 0.25) is 0 Å². The molecule has 0 aliphatic heterocycles. The molecule has 7 heteroatoms. The zero-order valence-corrected chi connectivity index (χ0v) is 13.8. The summed E-state index contributed by atoms with van der Waals surface area (Å²) in [6.07, 6.45) is 2.83. The molecule has 110 valence electrons. The predicted molar refractivity (Wildman–Crippen MR) is 80.5 cm³/mol. The minimum atomic E-state index is -0.734. The van der Waals surface area contributed by atoms with E-state index < -0.39 is 6.10 Å². The Kier molecular flexibility index (Phi) is 4.62. The molecule has 0 bridgehead atoms. The van der Waals surface area contributed by atoms with Crippen molar-refractivity contribution >= 4 is 15.9 Å². The third kappa shape index (κ3) is 3.11. The minimum Gasteiger partial charge on any atom is -0.382 e. The van der Waals surface area contributed by atoms with E-state index in [4.69, 9.17) is 0 Å². The standard InChI is InChI=1S/C13H20BrN5O/c1-9-10(8-18(4)16-9)13(20)12-11(14)7-15-19(12)6-5-17(2)3/h7-8,13,20H,5-6H2,1-4H3. The number of aliphatic hydroxyl groups excluding tert-OH is 1. The molecular weight excluding hydrogens is 322 g/mol. The minimum absolute atomic E-state index is 0.726. The third-order valence-corrected chi connectivity index (χ3v) is 3.81. The van der Waals surface area contributed by atoms with Crippen molar-refractivity contribution in [3.05, 3.63) is 33.8 Å². The molecule has 2 rings (SSSR count). The second kappa shape index (κ2) is 6.07. The van der Waals surface area contributed by atoms with E-state index in [0.29, 0.717) is 0 Å². The Morgan fingerprint density at radius 1 is 1.45 bits per heavy atom. The van der Waals surface area contributed by atoms with Gasteiger partial charge in [0.1, 0.15) is 6.10 Å². The third-order valence-electron chi connectivity index (χ3n) is 3.20. The predicted octanol–water partition coefficient (Wildman–Crippen LogP) is 1.33. The van der Waals surface area contributed by atoms with Crippen molar-refractivity contribution < 1.29 is 5.11 Å². The highest BCUT2D eigenvalue weighted by molar-refractivity contribution is 9.10. The first-order valence-corrected chi connectivity index (χ1v) is 7.23. The number of likely N-dealkylation sites (N-methyl/N-ethyl adjacent to an activating group) is 1. The van der Waals surface area contributed by atoms with Crippen molar-refractivity contribution in [3.63, 3.8) is 0 Å². The van der Waals surface area contributed by atoms with Crippen molar-refractivity contribution in [1.29, 1.82) is 0 Å². The molecule has 1 atom stereocenters. The van der Waals surface area contributed by atoms with Crippen molar-refractivity contribution in [2.24, 2.45) is 7.05 Å². The van der Waals surface area contributed by atoms with Gasteiger partial charge in [-0.1, -0.05) is 0 Å². The van der Waals surface area contributed by atoms with Crippen molar-refractivity contribution in [2.45, 2.75) is 19.6 Å². The Morgan fingerprint density at radius 2 is 2.15 bits per heavy atom. The summed E-state index contributed by atoms with van der Waals surface area (Å²) >= 11 is 3.47. The van der Waals surface area contributed by atoms with Crippen LogP contribution in [0.4, 0.5) is 0 Å². The lowest BCUT2D eigenvalue weighted by Crippen LogP contribution is -2.21. The van der Waals surface area contributed by atoms with E-state index in [2.05, 4.69) is 31.0 Å². The smallest absolute Gasteiger partial charge is 0.125 e. The Labute approximate surface area is 127 Å². The number of hydrogen-bond acceptors (Lipinski definition) is 4. The van der Waals surface area contributed by atoms with Gasteiger partial charge < -0.3 is 10.0 Å². The van der Waals surface area contributed by atoms with Crippen LogP contribution in [0.1, 0.15) is 23.1 Å². The lowest BCUT2D eigenvalue weighted by Gasteiger charge is -2.16. The first kappa shape index (κ1) is 15.2. The summed E-state index contributed by atoms with van der Waals surface area (Å²) in [5.41, 5.74) is 2.40. The summed E-state index contributed by atoms with van der Waals surface area (Å²) in [4.78, 5) is 2.08. The van der Waals surface area contributed by atoms with Crippen molar-refractivity contribution in [1.82, 2.24) is 24.5 Å². The molecule has 1 unspecified atom stereocenters. The highest BCUT2D eigenvalue weighted by Gasteiger charge is 2.22. The van der Waals surface area contributed by atoms with Crippen LogP contribution in [0.25, 0.3) is 0 Å². The summed E-state index contributed by atoms with van der Waals surface area (Å²) in [7, 11) is 5.88. The number of hydrogen-bond donors (Lipinski definition) is 1. The molecule has 0 saturated heterocycles. The van der Waals surface area contributed by atoms with Crippen molar-refractivity contribution in [2.75, 3.05) is 20.6 Å². The quantitative estimate of drug-likeness (QED) is 0.891. The van der Waals surface area contributed by atoms with Gasteiger partial charge in [-0.3, -0.25) is 9.36 Å². The number of aliphatic hydroxyl groups is 1. The molecule has 2 heterocycles. The molecule has 2 aromatic rings. The molecule has 0 spiro atoms. The van der Waals surface area contributed by atoms with E-state index in [1.807, 2.05) is 38.9 Å². The molecule has 0 aliphatic carbocycles. The van der Waals surface area contributed by atoms with Gasteiger partial charge in [-0.05, 0) is 36.9 Å². The second-order valence-electron chi connectivity index (χ2n) is 5.15. The van der Waals surface area contributed by atoms with Crippen LogP contribution in [0.3, 0.4) is 0 Å². The molecule has 2 aromatic heterocycles. The lowest BCUT2D eigenvalue weighted by atomic mass is 10.1. The molecule has 1 N–H and O–H groups in total. The van der Waals surface area contributed by atoms with Crippen LogP contribution < -0.4 is 0 Å². The highest BCUT2D eigenvalue weighted by atomic mass is 79.9. The zero-order chi connectivity index (χ0) is 14.9. The van der Waals surface area contributed by atoms with Crippen molar-refractivity contribution in [3.8, 4) is 0 Å². The van der Waals surface area contributed by atoms with Gasteiger partial charge in [0.05, 0.1) is 28.6 Å². The average molecular weight is 342 g/mol. The van der Waals surface area contributed by atoms with Gasteiger partial charge in [-0.15, -0.1) is 0 Å². The Morgan fingerprint density at radius 3 is 2.70 bits per heavy atom. The Bertz CT molecular complexity index is 590. The second-order valence-corrected chi connectivity index (χ2v) is 6.00. The molecular formula is C13H20BrN5O. The first-order valence-electron chi connectivity index (χ1n) is 6.44. The van der Waals surface area contributed by atoms with E-state index in [-0.39, 0.29) is 0 Å². The topological polar surface area (TPSA) is 59.1 Å². The van der Waals surface area contributed by atoms with Crippen LogP contribution in [0, 0.1) is 6.92 Å². The van der Waals surface area contributed by atoms with E-state index in [0.717, 1.165) is 34.5 Å². The summed E-state index contributed by atoms with van der Waals surface area (Å²) in [5, 5.41) is 19.2. The van der Waals surface area contributed by atoms with E-state index in [1.54, 1.807) is 10.9 Å². The van der Waals surface area contributed by atoms with Gasteiger partial charge >= 0.3 is 0 Å². The fraction of sp³-hybridized carbons (Fsp3) is 0.538. The number of halogens is 1. The largest absolute Gasteiger partial charge is 0.382 e. The fourth-order valence-electron chi connectivity index (χ4n) is 2.15. The molecule has 20 heavy (non-hydrogen) atoms. The number of rotatable bonds is 5. The van der Waals surface area contributed by atoms with Gasteiger partial charge in [0, 0.05) is 25.4 Å². The van der Waals surface area contributed by atoms with Crippen LogP contribution in [-0.2, 0) is 13.6 Å². The molecule has 0 saturated carbocycles. The van der Waals surface area contributed by atoms with E-state index in [1.165, 1.54) is 0 Å². The first-order chi connectivity index (χ1) is 9.40. The number of aryl methyl sites for hydroxylation is 2. The Hall–Kier alpha value is -1.18. The van der Waals surface area contributed by atoms with Crippen LogP contribution in [0.2, 0.25) is 0 Å². The van der Waals surface area contributed by atoms with Gasteiger partial charge in [-0.2, -0.15) is 10.2 Å². The summed E-state index contributed by atoms with van der Waals surface area (Å²) in [6.45, 7) is 3.48. The van der Waals surface area contributed by atoms with Gasteiger partial charge in [0.25, 0.3) is 0 Å². The molecule has 0 fully saturated rings. The summed E-state index contributed by atoms with van der Waals surface area (Å²) in [5.74, 6) is 0. The maximum absolute atomic E-state index is 10.6. The maximum Gasteiger partial charge on any atom is 0.125 e. The SMILES string of the molecule is Cc1nn(C)cc1C(O)c1c(Br)cnn1CCN(C)C. The molecule has 0 amide bonds. The molecule has 6 nitrogen and oxygen atoms in total. The molecule has 0 aromatic carbocycles. The lowest BCUT2D eigenvalue weighted by molar-refractivity contribution is 0.204. The van der Waals surface area contributed by atoms with Crippen LogP contribution >= 0.6 is 15.9 Å². The Balaban J connectivity index is 2.31. The van der Waals surface area contributed by atoms with Gasteiger partial charge in [-0.25, -0.2) is 0 Å². The number of aromatic nitrogens is 4. The molecule has 0 aliphatic rings. The number of nitrogens with zero attached hydrogens (tertiary/aromatic N) is 5. The van der Waals surface area contributed by atoms with Crippen LogP contribution in [0.15, 0.2) is 16.9 Å². The summed E-state index contributed by atoms with van der Waals surface area (Å²) < 4.78 is 4.36. The summed E-state index contributed by atoms with van der Waals surface area (Å²) in [6, 6.07) is 0. The molecule has 0 radical (unpaired) electrons. The van der Waals surface area contributed by atoms with Crippen LogP contribution in [-0.4, -0.2) is 50.2 Å². The normalized spacial score (nSPS) is 13.2. The van der Waals surface area contributed by atoms with E-state index >= 15 is 0 Å². The fourth-order valence-corrected chi connectivity index (χ4v) is 2.66. The average Bonchev–Trinajstić information content (AvgIpc) is 2.89. The van der Waals surface area contributed by atoms with Gasteiger partial charge in [0.15, 0.2) is 0 Å². The van der Waals surface area contributed by atoms with E-state index in [9.17, 15) is 5.11 Å². The van der Waals surface area contributed by atoms with Crippen LogP contribution in [0.5, 0.6) is 0 Å².